The molecule has 1 aliphatic heterocycles. The van der Waals surface area contributed by atoms with E-state index in [0.717, 1.165) is 30.9 Å². The van der Waals surface area contributed by atoms with Crippen LogP contribution < -0.4 is 10.1 Å². The zero-order valence-corrected chi connectivity index (χ0v) is 15.8. The Morgan fingerprint density at radius 2 is 1.59 bits per heavy atom. The second kappa shape index (κ2) is 7.18. The van der Waals surface area contributed by atoms with E-state index in [0.29, 0.717) is 6.04 Å². The molecule has 2 heterocycles. The second-order valence-corrected chi connectivity index (χ2v) is 8.09. The maximum Gasteiger partial charge on any atom is 0.127 e. The van der Waals surface area contributed by atoms with Crippen molar-refractivity contribution in [2.45, 2.75) is 18.9 Å². The van der Waals surface area contributed by atoms with E-state index in [2.05, 4.69) is 53.8 Å². The predicted octanol–water partition coefficient (Wildman–Crippen LogP) is 6.12. The quantitative estimate of drug-likeness (QED) is 0.466. The Hall–Kier alpha value is -2.62. The van der Waals surface area contributed by atoms with Crippen LogP contribution in [0.4, 0.5) is 0 Å². The lowest BCUT2D eigenvalue weighted by Gasteiger charge is -2.25. The van der Waals surface area contributed by atoms with Gasteiger partial charge in [-0.15, -0.1) is 11.3 Å². The average Bonchev–Trinajstić information content (AvgIpc) is 3.10. The van der Waals surface area contributed by atoms with Gasteiger partial charge in [0.25, 0.3) is 0 Å². The molecule has 0 radical (unpaired) electrons. The van der Waals surface area contributed by atoms with Crippen LogP contribution in [0.25, 0.3) is 10.1 Å². The molecule has 0 saturated carbocycles. The number of thiophene rings is 1. The molecule has 0 aliphatic carbocycles. The zero-order chi connectivity index (χ0) is 18.1. The van der Waals surface area contributed by atoms with Gasteiger partial charge in [0, 0.05) is 22.2 Å². The Kier molecular flexibility index (Phi) is 4.40. The highest BCUT2D eigenvalue weighted by molar-refractivity contribution is 7.19. The number of hydrogen-bond acceptors (Lipinski definition) is 3. The van der Waals surface area contributed by atoms with E-state index < -0.39 is 0 Å². The molecule has 0 bridgehead atoms. The summed E-state index contributed by atoms with van der Waals surface area (Å²) in [6.07, 6.45) is 2.13. The molecule has 3 heteroatoms. The van der Waals surface area contributed by atoms with Gasteiger partial charge in [0.05, 0.1) is 0 Å². The summed E-state index contributed by atoms with van der Waals surface area (Å²) in [5.74, 6) is 1.75. The van der Waals surface area contributed by atoms with E-state index >= 15 is 0 Å². The Morgan fingerprint density at radius 3 is 2.44 bits per heavy atom. The van der Waals surface area contributed by atoms with Crippen LogP contribution in [0.15, 0.2) is 78.9 Å². The molecule has 4 aromatic rings. The highest BCUT2D eigenvalue weighted by atomic mass is 32.1. The number of para-hydroxylation sites is 1. The van der Waals surface area contributed by atoms with Crippen LogP contribution in [-0.2, 0) is 12.8 Å². The summed E-state index contributed by atoms with van der Waals surface area (Å²) >= 11 is 1.96. The summed E-state index contributed by atoms with van der Waals surface area (Å²) in [4.78, 5) is 1.55. The van der Waals surface area contributed by atoms with Crippen LogP contribution in [0.3, 0.4) is 0 Å². The fourth-order valence-corrected chi connectivity index (χ4v) is 5.14. The van der Waals surface area contributed by atoms with Crippen molar-refractivity contribution in [1.29, 1.82) is 0 Å². The molecule has 1 atom stereocenters. The third-order valence-corrected chi connectivity index (χ3v) is 6.39. The first kappa shape index (κ1) is 16.5. The Morgan fingerprint density at radius 1 is 0.852 bits per heavy atom. The van der Waals surface area contributed by atoms with Crippen molar-refractivity contribution in [3.63, 3.8) is 0 Å². The molecule has 134 valence electrons. The maximum absolute atomic E-state index is 5.91. The molecular weight excluding hydrogens is 350 g/mol. The van der Waals surface area contributed by atoms with E-state index in [1.165, 1.54) is 21.2 Å². The van der Waals surface area contributed by atoms with E-state index in [-0.39, 0.29) is 0 Å². The molecular formula is C24H21NOS. The SMILES string of the molecule is c1ccc(Oc2ccc(CC3NCCc4sc5ccccc5c43)cc2)cc1. The van der Waals surface area contributed by atoms with Crippen LogP contribution in [0, 0.1) is 0 Å². The molecule has 0 spiro atoms. The highest BCUT2D eigenvalue weighted by Crippen LogP contribution is 2.39. The van der Waals surface area contributed by atoms with Crippen LogP contribution in [-0.4, -0.2) is 6.54 Å². The van der Waals surface area contributed by atoms with Crippen molar-refractivity contribution in [2.75, 3.05) is 6.54 Å². The molecule has 1 unspecified atom stereocenters. The number of rotatable bonds is 4. The van der Waals surface area contributed by atoms with Gasteiger partial charge in [-0.2, -0.15) is 0 Å². The summed E-state index contributed by atoms with van der Waals surface area (Å²) < 4.78 is 7.32. The van der Waals surface area contributed by atoms with Gasteiger partial charge in [0.2, 0.25) is 0 Å². The van der Waals surface area contributed by atoms with Crippen molar-refractivity contribution < 1.29 is 4.74 Å². The van der Waals surface area contributed by atoms with Crippen LogP contribution in [0.1, 0.15) is 22.0 Å². The molecule has 0 saturated heterocycles. The second-order valence-electron chi connectivity index (χ2n) is 6.95. The number of hydrogen-bond donors (Lipinski definition) is 1. The van der Waals surface area contributed by atoms with E-state index in [4.69, 9.17) is 4.74 Å². The van der Waals surface area contributed by atoms with Gasteiger partial charge in [0.15, 0.2) is 0 Å². The first-order chi connectivity index (χ1) is 13.4. The summed E-state index contributed by atoms with van der Waals surface area (Å²) in [5.41, 5.74) is 2.84. The van der Waals surface area contributed by atoms with Crippen molar-refractivity contribution >= 4 is 21.4 Å². The number of ether oxygens (including phenoxy) is 1. The molecule has 5 rings (SSSR count). The fourth-order valence-electron chi connectivity index (χ4n) is 3.87. The third kappa shape index (κ3) is 3.36. The number of benzene rings is 3. The monoisotopic (exact) mass is 371 g/mol. The minimum absolute atomic E-state index is 0.380. The van der Waals surface area contributed by atoms with Crippen LogP contribution in [0.2, 0.25) is 0 Å². The van der Waals surface area contributed by atoms with Gasteiger partial charge in [-0.05, 0) is 59.7 Å². The largest absolute Gasteiger partial charge is 0.457 e. The lowest BCUT2D eigenvalue weighted by atomic mass is 9.93. The number of nitrogens with one attached hydrogen (secondary N) is 1. The Labute approximate surface area is 163 Å². The van der Waals surface area contributed by atoms with Gasteiger partial charge in [-0.1, -0.05) is 48.5 Å². The van der Waals surface area contributed by atoms with Gasteiger partial charge < -0.3 is 10.1 Å². The minimum Gasteiger partial charge on any atom is -0.457 e. The Bertz CT molecular complexity index is 1050. The minimum atomic E-state index is 0.380. The topological polar surface area (TPSA) is 21.3 Å². The van der Waals surface area contributed by atoms with Crippen molar-refractivity contribution in [2.24, 2.45) is 0 Å². The van der Waals surface area contributed by atoms with Gasteiger partial charge in [-0.3, -0.25) is 0 Å². The smallest absolute Gasteiger partial charge is 0.127 e. The lowest BCUT2D eigenvalue weighted by Crippen LogP contribution is -2.30. The van der Waals surface area contributed by atoms with Crippen LogP contribution in [0.5, 0.6) is 11.5 Å². The first-order valence-corrected chi connectivity index (χ1v) is 10.2. The average molecular weight is 372 g/mol. The first-order valence-electron chi connectivity index (χ1n) is 9.42. The lowest BCUT2D eigenvalue weighted by molar-refractivity contribution is 0.481. The highest BCUT2D eigenvalue weighted by Gasteiger charge is 2.24. The molecule has 1 aromatic heterocycles. The molecule has 27 heavy (non-hydrogen) atoms. The van der Waals surface area contributed by atoms with Crippen molar-refractivity contribution in [3.05, 3.63) is 94.9 Å². The Balaban J connectivity index is 1.37. The van der Waals surface area contributed by atoms with E-state index in [1.807, 2.05) is 41.7 Å². The molecule has 3 aromatic carbocycles. The molecule has 2 nitrogen and oxygen atoms in total. The maximum atomic E-state index is 5.91. The summed E-state index contributed by atoms with van der Waals surface area (Å²) in [6, 6.07) is 27.6. The standard InChI is InChI=1S/C24H21NOS/c1-2-6-18(7-3-1)26-19-12-10-17(11-13-19)16-21-24-20-8-4-5-9-22(20)27-23(24)14-15-25-21/h1-13,21,25H,14-16H2. The summed E-state index contributed by atoms with van der Waals surface area (Å²) in [6.45, 7) is 1.06. The summed E-state index contributed by atoms with van der Waals surface area (Å²) in [5, 5.41) is 5.15. The van der Waals surface area contributed by atoms with Gasteiger partial charge in [-0.25, -0.2) is 0 Å². The molecule has 0 fully saturated rings. The normalized spacial score (nSPS) is 16.2. The molecule has 1 N–H and O–H groups in total. The van der Waals surface area contributed by atoms with E-state index in [1.54, 1.807) is 4.88 Å². The third-order valence-electron chi connectivity index (χ3n) is 5.14. The predicted molar refractivity (Wildman–Crippen MR) is 113 cm³/mol. The van der Waals surface area contributed by atoms with Crippen molar-refractivity contribution in [3.8, 4) is 11.5 Å². The summed E-state index contributed by atoms with van der Waals surface area (Å²) in [7, 11) is 0. The fraction of sp³-hybridized carbons (Fsp3) is 0.167. The molecule has 0 amide bonds. The van der Waals surface area contributed by atoms with Gasteiger partial charge in [0.1, 0.15) is 11.5 Å². The van der Waals surface area contributed by atoms with E-state index in [9.17, 15) is 0 Å². The number of fused-ring (bicyclic) bond motifs is 3. The van der Waals surface area contributed by atoms with Gasteiger partial charge >= 0.3 is 0 Å². The zero-order valence-electron chi connectivity index (χ0n) is 15.0. The van der Waals surface area contributed by atoms with Crippen LogP contribution >= 0.6 is 11.3 Å². The molecule has 1 aliphatic rings. The van der Waals surface area contributed by atoms with Crippen molar-refractivity contribution in [1.82, 2.24) is 5.32 Å².